The predicted octanol–water partition coefficient (Wildman–Crippen LogP) is 4.10. The number of carbonyl (C=O) groups excluding carboxylic acids is 1. The molecule has 0 radical (unpaired) electrons. The number of aromatic nitrogens is 2. The van der Waals surface area contributed by atoms with E-state index >= 15 is 0 Å². The van der Waals surface area contributed by atoms with Crippen molar-refractivity contribution in [2.75, 3.05) is 26.0 Å². The van der Waals surface area contributed by atoms with Crippen LogP contribution < -0.4 is 10.3 Å². The summed E-state index contributed by atoms with van der Waals surface area (Å²) in [5.74, 6) is 0.132. The number of amides is 1. The number of para-hydroxylation sites is 1. The highest BCUT2D eigenvalue weighted by atomic mass is 35.5. The van der Waals surface area contributed by atoms with Crippen LogP contribution in [-0.2, 0) is 4.79 Å². The van der Waals surface area contributed by atoms with Gasteiger partial charge in [0.25, 0.3) is 5.56 Å². The highest BCUT2D eigenvalue weighted by molar-refractivity contribution is 7.99. The van der Waals surface area contributed by atoms with Gasteiger partial charge in [-0.05, 0) is 30.7 Å². The van der Waals surface area contributed by atoms with Crippen molar-refractivity contribution in [3.63, 3.8) is 0 Å². The molecule has 1 heterocycles. The van der Waals surface area contributed by atoms with Gasteiger partial charge in [0.1, 0.15) is 5.75 Å². The topological polar surface area (TPSA) is 112 Å². The fourth-order valence-corrected chi connectivity index (χ4v) is 4.42. The molecule has 2 aromatic carbocycles. The largest absolute Gasteiger partial charge is 0.495 e. The summed E-state index contributed by atoms with van der Waals surface area (Å²) in [6.45, 7) is 2.29. The minimum atomic E-state index is -0.300. The van der Waals surface area contributed by atoms with Gasteiger partial charge >= 0.3 is 0 Å². The number of carbonyl (C=O) groups is 1. The molecule has 8 nitrogen and oxygen atoms in total. The number of nitrogens with zero attached hydrogens (tertiary/aromatic N) is 5. The highest BCUT2D eigenvalue weighted by Gasteiger charge is 2.20. The molecule has 0 N–H and O–H groups in total. The molecule has 0 unspecified atom stereocenters. The van der Waals surface area contributed by atoms with E-state index in [9.17, 15) is 9.59 Å². The minimum absolute atomic E-state index is 0.0173. The molecule has 0 atom stereocenters. The van der Waals surface area contributed by atoms with E-state index in [0.29, 0.717) is 32.5 Å². The third kappa shape index (κ3) is 5.51. The fraction of sp³-hybridized carbons (Fsp3) is 0.292. The third-order valence-electron chi connectivity index (χ3n) is 5.11. The van der Waals surface area contributed by atoms with E-state index in [0.717, 1.165) is 17.3 Å². The number of nitriles is 2. The monoisotopic (exact) mass is 495 g/mol. The summed E-state index contributed by atoms with van der Waals surface area (Å²) in [7, 11) is 1.49. The van der Waals surface area contributed by atoms with E-state index in [1.54, 1.807) is 36.4 Å². The second-order valence-electron chi connectivity index (χ2n) is 7.31. The molecule has 174 valence electrons. The van der Waals surface area contributed by atoms with Crippen LogP contribution in [0.25, 0.3) is 16.6 Å². The number of fused-ring (bicyclic) bond motifs is 1. The maximum absolute atomic E-state index is 13.5. The Kier molecular flexibility index (Phi) is 8.53. The number of hydrogen-bond donors (Lipinski definition) is 0. The molecule has 0 spiro atoms. The summed E-state index contributed by atoms with van der Waals surface area (Å²) >= 11 is 7.37. The predicted molar refractivity (Wildman–Crippen MR) is 131 cm³/mol. The molecule has 3 rings (SSSR count). The van der Waals surface area contributed by atoms with Gasteiger partial charge in [-0.15, -0.1) is 0 Å². The number of halogens is 1. The maximum atomic E-state index is 13.5. The average molecular weight is 496 g/mol. The van der Waals surface area contributed by atoms with Gasteiger partial charge in [-0.2, -0.15) is 10.5 Å². The van der Waals surface area contributed by atoms with Crippen LogP contribution in [0.3, 0.4) is 0 Å². The smallest absolute Gasteiger partial charge is 0.266 e. The summed E-state index contributed by atoms with van der Waals surface area (Å²) in [5, 5.41) is 19.0. The van der Waals surface area contributed by atoms with Gasteiger partial charge < -0.3 is 9.64 Å². The molecule has 0 aliphatic rings. The van der Waals surface area contributed by atoms with Crippen molar-refractivity contribution in [3.05, 3.63) is 57.3 Å². The van der Waals surface area contributed by atoms with E-state index in [1.807, 2.05) is 19.1 Å². The Morgan fingerprint density at radius 3 is 2.53 bits per heavy atom. The van der Waals surface area contributed by atoms with Crippen LogP contribution in [0.2, 0.25) is 5.02 Å². The first-order chi connectivity index (χ1) is 16.4. The number of rotatable bonds is 9. The third-order valence-corrected chi connectivity index (χ3v) is 6.44. The average Bonchev–Trinajstić information content (AvgIpc) is 2.84. The van der Waals surface area contributed by atoms with Crippen molar-refractivity contribution in [1.29, 1.82) is 10.5 Å². The fourth-order valence-electron chi connectivity index (χ4n) is 3.36. The standard InChI is InChI=1S/C24H22ClN5O3S/c1-16-13-20(21(33-2)14-18(16)25)30-23(32)17-7-3-4-8-19(17)28-24(30)34-15-22(31)29(11-5-9-26)12-6-10-27/h3-4,7-8,13-14H,5-6,11-12,15H2,1-2H3. The molecule has 0 saturated carbocycles. The maximum Gasteiger partial charge on any atom is 0.266 e. The lowest BCUT2D eigenvalue weighted by atomic mass is 10.2. The molecule has 0 aliphatic heterocycles. The summed E-state index contributed by atoms with van der Waals surface area (Å²) < 4.78 is 6.92. The molecular formula is C24H22ClN5O3S. The highest BCUT2D eigenvalue weighted by Crippen LogP contribution is 2.32. The Morgan fingerprint density at radius 1 is 1.21 bits per heavy atom. The van der Waals surface area contributed by atoms with E-state index in [1.165, 1.54) is 16.6 Å². The first kappa shape index (κ1) is 25.1. The number of ether oxygens (including phenoxy) is 1. The van der Waals surface area contributed by atoms with Gasteiger partial charge in [-0.3, -0.25) is 14.2 Å². The number of aryl methyl sites for hydroxylation is 1. The summed E-state index contributed by atoms with van der Waals surface area (Å²) in [6.07, 6.45) is 0.337. The van der Waals surface area contributed by atoms with Crippen molar-refractivity contribution in [1.82, 2.24) is 14.5 Å². The zero-order chi connectivity index (χ0) is 24.7. The van der Waals surface area contributed by atoms with Crippen LogP contribution in [0.1, 0.15) is 18.4 Å². The van der Waals surface area contributed by atoms with Crippen molar-refractivity contribution in [2.45, 2.75) is 24.9 Å². The molecule has 0 aliphatic carbocycles. The van der Waals surface area contributed by atoms with E-state index in [-0.39, 0.29) is 43.2 Å². The SMILES string of the molecule is COc1cc(Cl)c(C)cc1-n1c(SCC(=O)N(CCC#N)CCC#N)nc2ccccc2c1=O. The Morgan fingerprint density at radius 2 is 1.88 bits per heavy atom. The van der Waals surface area contributed by atoms with Crippen LogP contribution in [0, 0.1) is 29.6 Å². The van der Waals surface area contributed by atoms with Gasteiger partial charge in [-0.25, -0.2) is 4.98 Å². The number of benzene rings is 2. The molecule has 1 amide bonds. The molecule has 0 fully saturated rings. The Bertz CT molecular complexity index is 1340. The van der Waals surface area contributed by atoms with Crippen molar-refractivity contribution in [3.8, 4) is 23.6 Å². The Balaban J connectivity index is 2.07. The molecule has 10 heteroatoms. The van der Waals surface area contributed by atoms with Crippen LogP contribution in [-0.4, -0.2) is 46.3 Å². The lowest BCUT2D eigenvalue weighted by Gasteiger charge is -2.21. The van der Waals surface area contributed by atoms with Crippen LogP contribution in [0.4, 0.5) is 0 Å². The van der Waals surface area contributed by atoms with Crippen molar-refractivity contribution < 1.29 is 9.53 Å². The minimum Gasteiger partial charge on any atom is -0.495 e. The molecular weight excluding hydrogens is 474 g/mol. The lowest BCUT2D eigenvalue weighted by Crippen LogP contribution is -2.34. The molecule has 3 aromatic rings. The number of methoxy groups -OCH3 is 1. The summed E-state index contributed by atoms with van der Waals surface area (Å²) in [5.41, 5.74) is 1.43. The molecule has 1 aromatic heterocycles. The van der Waals surface area contributed by atoms with Crippen molar-refractivity contribution >= 4 is 40.2 Å². The zero-order valence-corrected chi connectivity index (χ0v) is 20.3. The van der Waals surface area contributed by atoms with Gasteiger partial charge in [-0.1, -0.05) is 35.5 Å². The van der Waals surface area contributed by atoms with Crippen LogP contribution >= 0.6 is 23.4 Å². The first-order valence-corrected chi connectivity index (χ1v) is 11.8. The summed E-state index contributed by atoms with van der Waals surface area (Å²) in [4.78, 5) is 32.5. The molecule has 0 saturated heterocycles. The lowest BCUT2D eigenvalue weighted by molar-refractivity contribution is -0.128. The van der Waals surface area contributed by atoms with Crippen molar-refractivity contribution in [2.24, 2.45) is 0 Å². The van der Waals surface area contributed by atoms with Gasteiger partial charge in [0.15, 0.2) is 5.16 Å². The number of hydrogen-bond acceptors (Lipinski definition) is 7. The first-order valence-electron chi connectivity index (χ1n) is 10.4. The van der Waals surface area contributed by atoms with E-state index in [2.05, 4.69) is 4.98 Å². The molecule has 34 heavy (non-hydrogen) atoms. The Hall–Kier alpha value is -3.53. The normalized spacial score (nSPS) is 10.5. The van der Waals surface area contributed by atoms with Gasteiger partial charge in [0.05, 0.1) is 54.4 Å². The second kappa shape index (κ2) is 11.6. The molecule has 0 bridgehead atoms. The van der Waals surface area contributed by atoms with E-state index < -0.39 is 0 Å². The Labute approximate surface area is 206 Å². The van der Waals surface area contributed by atoms with E-state index in [4.69, 9.17) is 26.9 Å². The van der Waals surface area contributed by atoms with Crippen LogP contribution in [0.15, 0.2) is 46.3 Å². The van der Waals surface area contributed by atoms with Gasteiger partial charge in [0, 0.05) is 24.2 Å². The quantitative estimate of drug-likeness (QED) is 0.324. The summed E-state index contributed by atoms with van der Waals surface area (Å²) in [6, 6.07) is 14.4. The second-order valence-corrected chi connectivity index (χ2v) is 8.66. The zero-order valence-electron chi connectivity index (χ0n) is 18.7. The van der Waals surface area contributed by atoms with Gasteiger partial charge in [0.2, 0.25) is 5.91 Å². The van der Waals surface area contributed by atoms with Crippen LogP contribution in [0.5, 0.6) is 5.75 Å². The number of thioether (sulfide) groups is 1.